The predicted octanol–water partition coefficient (Wildman–Crippen LogP) is 0.369. The summed E-state index contributed by atoms with van der Waals surface area (Å²) in [4.78, 5) is 23.8. The Hall–Kier alpha value is -1.34. The minimum Gasteiger partial charge on any atom is -0.368 e. The highest BCUT2D eigenvalue weighted by atomic mass is 16.5. The summed E-state index contributed by atoms with van der Waals surface area (Å²) in [6.45, 7) is 7.44. The summed E-state index contributed by atoms with van der Waals surface area (Å²) < 4.78 is 5.54. The van der Waals surface area contributed by atoms with Crippen molar-refractivity contribution in [2.75, 3.05) is 59.5 Å². The average molecular weight is 364 g/mol. The molecule has 1 aliphatic carbocycles. The van der Waals surface area contributed by atoms with Gasteiger partial charge >= 0.3 is 0 Å². The molecule has 4 rings (SSSR count). The fraction of sp³-hybridized carbons (Fsp3) is 0.895. The Morgan fingerprint density at radius 2 is 1.85 bits per heavy atom. The lowest BCUT2D eigenvalue weighted by molar-refractivity contribution is -0.142. The van der Waals surface area contributed by atoms with E-state index in [0.29, 0.717) is 0 Å². The summed E-state index contributed by atoms with van der Waals surface area (Å²) in [7, 11) is 1.86. The van der Waals surface area contributed by atoms with E-state index < -0.39 is 0 Å². The smallest absolute Gasteiger partial charge is 0.251 e. The van der Waals surface area contributed by atoms with Gasteiger partial charge in [-0.1, -0.05) is 0 Å². The van der Waals surface area contributed by atoms with Crippen LogP contribution in [0.4, 0.5) is 0 Å². The Bertz CT molecular complexity index is 522. The van der Waals surface area contributed by atoms with E-state index in [-0.39, 0.29) is 12.0 Å². The standard InChI is InChI=1S/C19H33N5O2/c1-20-19(21-13-15-6-7-24(14-15)16-4-5-16)23-10-8-22(9-11-23)18(25)17-3-2-12-26-17/h15-17H,2-14H2,1H3,(H,20,21). The van der Waals surface area contributed by atoms with Gasteiger partial charge in [-0.25, -0.2) is 0 Å². The van der Waals surface area contributed by atoms with Crippen LogP contribution < -0.4 is 5.32 Å². The molecule has 26 heavy (non-hydrogen) atoms. The normalized spacial score (nSPS) is 30.9. The van der Waals surface area contributed by atoms with Crippen molar-refractivity contribution < 1.29 is 9.53 Å². The summed E-state index contributed by atoms with van der Waals surface area (Å²) in [5.41, 5.74) is 0. The summed E-state index contributed by atoms with van der Waals surface area (Å²) in [5.74, 6) is 1.89. The first-order valence-electron chi connectivity index (χ1n) is 10.3. The molecule has 0 radical (unpaired) electrons. The van der Waals surface area contributed by atoms with Gasteiger partial charge in [0, 0.05) is 59.0 Å². The summed E-state index contributed by atoms with van der Waals surface area (Å²) in [6.07, 6.45) is 5.78. The van der Waals surface area contributed by atoms with E-state index in [4.69, 9.17) is 4.74 Å². The van der Waals surface area contributed by atoms with Gasteiger partial charge in [0.2, 0.25) is 0 Å². The van der Waals surface area contributed by atoms with Crippen LogP contribution in [0.25, 0.3) is 0 Å². The van der Waals surface area contributed by atoms with E-state index in [1.807, 2.05) is 11.9 Å². The minimum atomic E-state index is -0.198. The van der Waals surface area contributed by atoms with E-state index in [1.54, 1.807) is 0 Å². The van der Waals surface area contributed by atoms with Crippen LogP contribution in [0.1, 0.15) is 32.1 Å². The maximum atomic E-state index is 12.5. The molecule has 4 fully saturated rings. The van der Waals surface area contributed by atoms with Crippen molar-refractivity contribution in [3.05, 3.63) is 0 Å². The van der Waals surface area contributed by atoms with Crippen LogP contribution in [0.15, 0.2) is 4.99 Å². The number of carbonyl (C=O) groups is 1. The number of aliphatic imine (C=N–C) groups is 1. The molecule has 4 aliphatic rings. The molecule has 1 saturated carbocycles. The number of likely N-dealkylation sites (tertiary alicyclic amines) is 1. The van der Waals surface area contributed by atoms with Crippen molar-refractivity contribution >= 4 is 11.9 Å². The highest BCUT2D eigenvalue weighted by Crippen LogP contribution is 2.31. The van der Waals surface area contributed by atoms with Gasteiger partial charge in [0.05, 0.1) is 0 Å². The van der Waals surface area contributed by atoms with Crippen LogP contribution in [-0.2, 0) is 9.53 Å². The number of hydrogen-bond acceptors (Lipinski definition) is 4. The molecular formula is C19H33N5O2. The van der Waals surface area contributed by atoms with Gasteiger partial charge in [0.25, 0.3) is 5.91 Å². The number of rotatable bonds is 4. The zero-order chi connectivity index (χ0) is 17.9. The highest BCUT2D eigenvalue weighted by Gasteiger charge is 2.35. The molecule has 7 nitrogen and oxygen atoms in total. The molecule has 7 heteroatoms. The van der Waals surface area contributed by atoms with Gasteiger partial charge in [-0.3, -0.25) is 9.79 Å². The third-order valence-electron chi connectivity index (χ3n) is 6.24. The number of guanidine groups is 1. The van der Waals surface area contributed by atoms with Crippen molar-refractivity contribution in [2.24, 2.45) is 10.9 Å². The predicted molar refractivity (Wildman–Crippen MR) is 101 cm³/mol. The topological polar surface area (TPSA) is 60.4 Å². The molecule has 1 amide bonds. The van der Waals surface area contributed by atoms with Gasteiger partial charge in [0.15, 0.2) is 5.96 Å². The Kier molecular flexibility index (Phi) is 5.64. The number of piperazine rings is 1. The molecule has 0 bridgehead atoms. The van der Waals surface area contributed by atoms with Gasteiger partial charge in [-0.2, -0.15) is 0 Å². The van der Waals surface area contributed by atoms with E-state index in [9.17, 15) is 4.79 Å². The van der Waals surface area contributed by atoms with Crippen LogP contribution in [-0.4, -0.2) is 98.2 Å². The molecule has 2 unspecified atom stereocenters. The SMILES string of the molecule is CN=C(NCC1CCN(C2CC2)C1)N1CCN(C(=O)C2CCCO2)CC1. The maximum absolute atomic E-state index is 12.5. The molecular weight excluding hydrogens is 330 g/mol. The number of ether oxygens (including phenoxy) is 1. The largest absolute Gasteiger partial charge is 0.368 e. The number of hydrogen-bond donors (Lipinski definition) is 1. The summed E-state index contributed by atoms with van der Waals surface area (Å²) in [6, 6.07) is 0.883. The van der Waals surface area contributed by atoms with Crippen molar-refractivity contribution in [3.63, 3.8) is 0 Å². The Labute approximate surface area is 156 Å². The van der Waals surface area contributed by atoms with Crippen LogP contribution in [0, 0.1) is 5.92 Å². The number of nitrogens with zero attached hydrogens (tertiary/aromatic N) is 4. The van der Waals surface area contributed by atoms with Crippen LogP contribution >= 0.6 is 0 Å². The first-order valence-corrected chi connectivity index (χ1v) is 10.3. The van der Waals surface area contributed by atoms with Gasteiger partial charge in [-0.05, 0) is 44.6 Å². The van der Waals surface area contributed by atoms with E-state index in [1.165, 1.54) is 32.4 Å². The van der Waals surface area contributed by atoms with Crippen molar-refractivity contribution in [1.29, 1.82) is 0 Å². The lowest BCUT2D eigenvalue weighted by atomic mass is 10.1. The maximum Gasteiger partial charge on any atom is 0.251 e. The second-order valence-electron chi connectivity index (χ2n) is 8.12. The molecule has 2 atom stereocenters. The van der Waals surface area contributed by atoms with E-state index in [2.05, 4.69) is 20.1 Å². The van der Waals surface area contributed by atoms with Crippen LogP contribution in [0.5, 0.6) is 0 Å². The third-order valence-corrected chi connectivity index (χ3v) is 6.24. The molecule has 1 N–H and O–H groups in total. The van der Waals surface area contributed by atoms with Gasteiger partial charge in [0.1, 0.15) is 6.10 Å². The van der Waals surface area contributed by atoms with Gasteiger partial charge in [-0.15, -0.1) is 0 Å². The number of amides is 1. The lowest BCUT2D eigenvalue weighted by Crippen LogP contribution is -2.55. The van der Waals surface area contributed by atoms with Crippen molar-refractivity contribution in [1.82, 2.24) is 20.0 Å². The minimum absolute atomic E-state index is 0.177. The van der Waals surface area contributed by atoms with Crippen molar-refractivity contribution in [3.8, 4) is 0 Å². The molecule has 0 aromatic rings. The Morgan fingerprint density at radius 1 is 1.08 bits per heavy atom. The average Bonchev–Trinajstić information content (AvgIpc) is 3.18. The Morgan fingerprint density at radius 3 is 2.50 bits per heavy atom. The van der Waals surface area contributed by atoms with E-state index in [0.717, 1.165) is 70.1 Å². The summed E-state index contributed by atoms with van der Waals surface area (Å²) in [5, 5.41) is 3.58. The lowest BCUT2D eigenvalue weighted by Gasteiger charge is -2.37. The monoisotopic (exact) mass is 363 g/mol. The first kappa shape index (κ1) is 18.0. The summed E-state index contributed by atoms with van der Waals surface area (Å²) >= 11 is 0. The molecule has 3 heterocycles. The molecule has 0 spiro atoms. The van der Waals surface area contributed by atoms with Gasteiger partial charge < -0.3 is 24.8 Å². The molecule has 0 aromatic heterocycles. The first-order chi connectivity index (χ1) is 12.7. The number of carbonyl (C=O) groups excluding carboxylic acids is 1. The van der Waals surface area contributed by atoms with Crippen LogP contribution in [0.2, 0.25) is 0 Å². The molecule has 0 aromatic carbocycles. The zero-order valence-electron chi connectivity index (χ0n) is 16.0. The molecule has 3 aliphatic heterocycles. The fourth-order valence-electron chi connectivity index (χ4n) is 4.48. The highest BCUT2D eigenvalue weighted by molar-refractivity contribution is 5.82. The molecule has 3 saturated heterocycles. The van der Waals surface area contributed by atoms with Crippen LogP contribution in [0.3, 0.4) is 0 Å². The fourth-order valence-corrected chi connectivity index (χ4v) is 4.48. The Balaban J connectivity index is 1.20. The third kappa shape index (κ3) is 4.14. The molecule has 146 valence electrons. The zero-order valence-corrected chi connectivity index (χ0v) is 16.0. The quantitative estimate of drug-likeness (QED) is 0.578. The van der Waals surface area contributed by atoms with E-state index >= 15 is 0 Å². The second kappa shape index (κ2) is 8.13. The second-order valence-corrected chi connectivity index (χ2v) is 8.12. The van der Waals surface area contributed by atoms with Crippen molar-refractivity contribution in [2.45, 2.75) is 44.2 Å². The number of nitrogens with one attached hydrogen (secondary N) is 1.